The Morgan fingerprint density at radius 1 is 1.65 bits per heavy atom. The van der Waals surface area contributed by atoms with Crippen LogP contribution in [0.1, 0.15) is 22.5 Å². The molecule has 5 heteroatoms. The van der Waals surface area contributed by atoms with E-state index in [1.807, 2.05) is 0 Å². The Bertz CT molecular complexity index is 408. The van der Waals surface area contributed by atoms with Gasteiger partial charge in [0.25, 0.3) is 5.91 Å². The lowest BCUT2D eigenvalue weighted by atomic mass is 10.0. The zero-order chi connectivity index (χ0) is 12.3. The maximum atomic E-state index is 12.0. The number of aliphatic hydroxyl groups is 1. The largest absolute Gasteiger partial charge is 0.391 e. The van der Waals surface area contributed by atoms with E-state index in [0.717, 1.165) is 6.54 Å². The highest BCUT2D eigenvalue weighted by Crippen LogP contribution is 2.07. The third-order valence-corrected chi connectivity index (χ3v) is 3.01. The number of carbonyl (C=O) groups is 1. The van der Waals surface area contributed by atoms with Crippen molar-refractivity contribution in [1.82, 2.24) is 15.6 Å². The molecule has 1 fully saturated rings. The van der Waals surface area contributed by atoms with Crippen LogP contribution in [-0.4, -0.2) is 41.2 Å². The van der Waals surface area contributed by atoms with E-state index in [4.69, 9.17) is 0 Å². The van der Waals surface area contributed by atoms with Crippen LogP contribution in [0.15, 0.2) is 18.3 Å². The average Bonchev–Trinajstić information content (AvgIpc) is 2.32. The smallest absolute Gasteiger partial charge is 0.253 e. The first-order valence-corrected chi connectivity index (χ1v) is 5.80. The van der Waals surface area contributed by atoms with Crippen LogP contribution < -0.4 is 10.6 Å². The molecule has 1 saturated heterocycles. The number of nitrogens with one attached hydrogen (secondary N) is 2. The van der Waals surface area contributed by atoms with Crippen molar-refractivity contribution in [3.63, 3.8) is 0 Å². The lowest BCUT2D eigenvalue weighted by Crippen LogP contribution is -2.53. The fourth-order valence-electron chi connectivity index (χ4n) is 1.96. The maximum Gasteiger partial charge on any atom is 0.253 e. The molecule has 0 radical (unpaired) electrons. The van der Waals surface area contributed by atoms with Gasteiger partial charge in [-0.05, 0) is 32.0 Å². The van der Waals surface area contributed by atoms with E-state index in [2.05, 4.69) is 15.6 Å². The molecule has 92 valence electrons. The molecule has 0 aromatic carbocycles. The van der Waals surface area contributed by atoms with Gasteiger partial charge in [0.2, 0.25) is 0 Å². The number of hydrogen-bond donors (Lipinski definition) is 3. The minimum Gasteiger partial charge on any atom is -0.391 e. The van der Waals surface area contributed by atoms with Gasteiger partial charge < -0.3 is 15.7 Å². The first-order valence-electron chi connectivity index (χ1n) is 5.80. The van der Waals surface area contributed by atoms with Gasteiger partial charge in [0, 0.05) is 18.4 Å². The van der Waals surface area contributed by atoms with Crippen molar-refractivity contribution in [2.75, 3.05) is 13.1 Å². The summed E-state index contributed by atoms with van der Waals surface area (Å²) < 4.78 is 0. The monoisotopic (exact) mass is 235 g/mol. The summed E-state index contributed by atoms with van der Waals surface area (Å²) in [5.74, 6) is -0.177. The number of aromatic nitrogens is 1. The van der Waals surface area contributed by atoms with Crippen LogP contribution >= 0.6 is 0 Å². The topological polar surface area (TPSA) is 74.2 Å². The summed E-state index contributed by atoms with van der Waals surface area (Å²) >= 11 is 0. The Balaban J connectivity index is 2.04. The van der Waals surface area contributed by atoms with E-state index in [9.17, 15) is 9.90 Å². The molecule has 1 aliphatic rings. The summed E-state index contributed by atoms with van der Waals surface area (Å²) in [6.07, 6.45) is 1.84. The standard InChI is InChI=1S/C12H17N3O2/c1-8-9(3-2-5-14-8)12(17)15-10-7-13-6-4-11(10)16/h2-3,5,10-11,13,16H,4,6-7H2,1H3,(H,15,17)/t10-,11+/m0/s1. The minimum atomic E-state index is -0.475. The Kier molecular flexibility index (Phi) is 3.71. The van der Waals surface area contributed by atoms with Crippen LogP contribution in [0.25, 0.3) is 0 Å². The highest BCUT2D eigenvalue weighted by Gasteiger charge is 2.25. The molecule has 1 aromatic rings. The second-order valence-electron chi connectivity index (χ2n) is 4.28. The number of piperidine rings is 1. The normalized spacial score (nSPS) is 24.4. The van der Waals surface area contributed by atoms with E-state index in [0.29, 0.717) is 24.2 Å². The molecule has 3 N–H and O–H groups in total. The van der Waals surface area contributed by atoms with E-state index in [1.165, 1.54) is 0 Å². The first kappa shape index (κ1) is 12.0. The van der Waals surface area contributed by atoms with Gasteiger partial charge in [0.1, 0.15) is 0 Å². The number of amides is 1. The minimum absolute atomic E-state index is 0.177. The zero-order valence-corrected chi connectivity index (χ0v) is 9.81. The van der Waals surface area contributed by atoms with Gasteiger partial charge in [0.15, 0.2) is 0 Å². The summed E-state index contributed by atoms with van der Waals surface area (Å²) in [6, 6.07) is 3.24. The van der Waals surface area contributed by atoms with Crippen molar-refractivity contribution in [2.24, 2.45) is 0 Å². The lowest BCUT2D eigenvalue weighted by molar-refractivity contribution is 0.0754. The summed E-state index contributed by atoms with van der Waals surface area (Å²) in [4.78, 5) is 16.1. The molecular weight excluding hydrogens is 218 g/mol. The Morgan fingerprint density at radius 3 is 3.18 bits per heavy atom. The molecule has 0 saturated carbocycles. The summed E-state index contributed by atoms with van der Waals surface area (Å²) in [6.45, 7) is 3.19. The Morgan fingerprint density at radius 2 is 2.47 bits per heavy atom. The van der Waals surface area contributed by atoms with Gasteiger partial charge in [-0.1, -0.05) is 0 Å². The van der Waals surface area contributed by atoms with E-state index >= 15 is 0 Å². The molecular formula is C12H17N3O2. The van der Waals surface area contributed by atoms with Crippen molar-refractivity contribution in [1.29, 1.82) is 0 Å². The zero-order valence-electron chi connectivity index (χ0n) is 9.81. The molecule has 2 rings (SSSR count). The Hall–Kier alpha value is -1.46. The van der Waals surface area contributed by atoms with Gasteiger partial charge in [-0.15, -0.1) is 0 Å². The number of hydrogen-bond acceptors (Lipinski definition) is 4. The fraction of sp³-hybridized carbons (Fsp3) is 0.500. The molecule has 2 heterocycles. The molecule has 1 aromatic heterocycles. The van der Waals surface area contributed by atoms with Gasteiger partial charge in [-0.3, -0.25) is 9.78 Å². The van der Waals surface area contributed by atoms with Gasteiger partial charge in [-0.2, -0.15) is 0 Å². The molecule has 0 aliphatic carbocycles. The lowest BCUT2D eigenvalue weighted by Gasteiger charge is -2.29. The predicted octanol–water partition coefficient (Wildman–Crippen LogP) is -0.157. The molecule has 0 bridgehead atoms. The third kappa shape index (κ3) is 2.81. The highest BCUT2D eigenvalue weighted by molar-refractivity contribution is 5.95. The maximum absolute atomic E-state index is 12.0. The van der Waals surface area contributed by atoms with Crippen LogP contribution in [0.4, 0.5) is 0 Å². The molecule has 0 spiro atoms. The highest BCUT2D eigenvalue weighted by atomic mass is 16.3. The molecule has 17 heavy (non-hydrogen) atoms. The van der Waals surface area contributed by atoms with Crippen molar-refractivity contribution in [3.8, 4) is 0 Å². The van der Waals surface area contributed by atoms with Crippen molar-refractivity contribution >= 4 is 5.91 Å². The van der Waals surface area contributed by atoms with Crippen LogP contribution in [-0.2, 0) is 0 Å². The van der Waals surface area contributed by atoms with Crippen molar-refractivity contribution in [2.45, 2.75) is 25.5 Å². The van der Waals surface area contributed by atoms with Crippen LogP contribution in [0, 0.1) is 6.92 Å². The van der Waals surface area contributed by atoms with Crippen molar-refractivity contribution < 1.29 is 9.90 Å². The van der Waals surface area contributed by atoms with E-state index in [1.54, 1.807) is 25.3 Å². The third-order valence-electron chi connectivity index (χ3n) is 3.01. The van der Waals surface area contributed by atoms with E-state index < -0.39 is 6.10 Å². The first-order chi connectivity index (χ1) is 8.18. The molecule has 2 atom stereocenters. The number of carbonyl (C=O) groups excluding carboxylic acids is 1. The van der Waals surface area contributed by atoms with Crippen molar-refractivity contribution in [3.05, 3.63) is 29.6 Å². The fourth-order valence-corrected chi connectivity index (χ4v) is 1.96. The van der Waals surface area contributed by atoms with Crippen LogP contribution in [0.2, 0.25) is 0 Å². The van der Waals surface area contributed by atoms with E-state index in [-0.39, 0.29) is 11.9 Å². The summed E-state index contributed by atoms with van der Waals surface area (Å²) in [5, 5.41) is 15.7. The Labute approximate surface area is 100 Å². The van der Waals surface area contributed by atoms with Crippen LogP contribution in [0.5, 0.6) is 0 Å². The number of aryl methyl sites for hydroxylation is 1. The van der Waals surface area contributed by atoms with Gasteiger partial charge in [0.05, 0.1) is 17.7 Å². The summed E-state index contributed by atoms with van der Waals surface area (Å²) in [7, 11) is 0. The molecule has 0 unspecified atom stereocenters. The van der Waals surface area contributed by atoms with Crippen LogP contribution in [0.3, 0.4) is 0 Å². The average molecular weight is 235 g/mol. The predicted molar refractivity (Wildman–Crippen MR) is 63.7 cm³/mol. The quantitative estimate of drug-likeness (QED) is 0.666. The number of aliphatic hydroxyl groups excluding tert-OH is 1. The molecule has 5 nitrogen and oxygen atoms in total. The molecule has 1 amide bonds. The number of pyridine rings is 1. The SMILES string of the molecule is Cc1ncccc1C(=O)N[C@H]1CNCC[C@H]1O. The number of nitrogens with zero attached hydrogens (tertiary/aromatic N) is 1. The second-order valence-corrected chi connectivity index (χ2v) is 4.28. The van der Waals surface area contributed by atoms with Gasteiger partial charge >= 0.3 is 0 Å². The summed E-state index contributed by atoms with van der Waals surface area (Å²) in [5.41, 5.74) is 1.26. The second kappa shape index (κ2) is 5.25. The van der Waals surface area contributed by atoms with Gasteiger partial charge in [-0.25, -0.2) is 0 Å². The molecule has 1 aliphatic heterocycles. The number of rotatable bonds is 2.